The molecule has 0 saturated heterocycles. The van der Waals surface area contributed by atoms with Gasteiger partial charge in [0.15, 0.2) is 5.78 Å². The molecule has 3 N–H and O–H groups in total. The van der Waals surface area contributed by atoms with Gasteiger partial charge in [-0.3, -0.25) is 9.59 Å². The van der Waals surface area contributed by atoms with Crippen molar-refractivity contribution in [2.24, 2.45) is 56.7 Å². The summed E-state index contributed by atoms with van der Waals surface area (Å²) in [5, 5.41) is 16.9. The molecular weight excluding hydrogens is 608 g/mol. The second-order valence-electron chi connectivity index (χ2n) is 19.4. The first-order chi connectivity index (χ1) is 23.0. The van der Waals surface area contributed by atoms with E-state index in [2.05, 4.69) is 84.2 Å². The van der Waals surface area contributed by atoms with Gasteiger partial charge in [0.05, 0.1) is 6.04 Å². The molecule has 4 aliphatic carbocycles. The van der Waals surface area contributed by atoms with Gasteiger partial charge in [-0.15, -0.1) is 0 Å². The van der Waals surface area contributed by atoms with Crippen LogP contribution in [0.15, 0.2) is 24.3 Å². The first kappa shape index (κ1) is 36.9. The number of aliphatic hydroxyl groups excluding tert-OH is 1. The number of benzene rings is 1. The second kappa shape index (κ2) is 13.2. The van der Waals surface area contributed by atoms with Crippen molar-refractivity contribution >= 4 is 17.4 Å². The SMILES string of the molecule is CC(=O)OC1CC2[C@@]3(C)CC[C@H](C)C(C)(C)C3CC[C@@]2(C)[C@]2(C)CCC(C(C)(C)CCCN[C@@H](CC3CNc4ccccc43)C(=O)CO)[C@@H]12. The lowest BCUT2D eigenvalue weighted by Crippen LogP contribution is -2.66. The molecule has 6 nitrogen and oxygen atoms in total. The highest BCUT2D eigenvalue weighted by Crippen LogP contribution is 2.76. The summed E-state index contributed by atoms with van der Waals surface area (Å²) < 4.78 is 6.45. The Bertz CT molecular complexity index is 1390. The fourth-order valence-corrected chi connectivity index (χ4v) is 13.4. The van der Waals surface area contributed by atoms with E-state index >= 15 is 0 Å². The number of carbonyl (C=O) groups is 2. The summed E-state index contributed by atoms with van der Waals surface area (Å²) in [6.45, 7) is 23.1. The van der Waals surface area contributed by atoms with Crippen LogP contribution >= 0.6 is 0 Å². The highest BCUT2D eigenvalue weighted by molar-refractivity contribution is 5.85. The van der Waals surface area contributed by atoms with Crippen LogP contribution in [0.3, 0.4) is 0 Å². The second-order valence-corrected chi connectivity index (χ2v) is 19.4. The van der Waals surface area contributed by atoms with Gasteiger partial charge in [-0.25, -0.2) is 0 Å². The summed E-state index contributed by atoms with van der Waals surface area (Å²) in [4.78, 5) is 25.6. The summed E-state index contributed by atoms with van der Waals surface area (Å²) >= 11 is 0. The van der Waals surface area contributed by atoms with Crippen LogP contribution in [0.2, 0.25) is 0 Å². The van der Waals surface area contributed by atoms with Crippen molar-refractivity contribution in [1.29, 1.82) is 0 Å². The normalized spacial score (nSPS) is 39.9. The number of fused-ring (bicyclic) bond motifs is 6. The summed E-state index contributed by atoms with van der Waals surface area (Å²) in [5.74, 6) is 2.85. The number of aliphatic hydroxyl groups is 1. The van der Waals surface area contributed by atoms with Crippen LogP contribution in [0.5, 0.6) is 0 Å². The van der Waals surface area contributed by atoms with E-state index in [4.69, 9.17) is 4.74 Å². The molecule has 11 atom stereocenters. The molecule has 1 aromatic carbocycles. The number of hydrogen-bond donors (Lipinski definition) is 3. The number of carbonyl (C=O) groups excluding carboxylic acids is 2. The third-order valence-electron chi connectivity index (χ3n) is 16.6. The molecule has 1 aliphatic heterocycles. The molecule has 4 saturated carbocycles. The summed E-state index contributed by atoms with van der Waals surface area (Å²) in [7, 11) is 0. The fourth-order valence-electron chi connectivity index (χ4n) is 13.4. The molecule has 0 amide bonds. The van der Waals surface area contributed by atoms with E-state index in [1.165, 1.54) is 44.1 Å². The standard InChI is InChI=1S/C43H68N2O4/c1-27-15-19-41(7)36(40(27,5)6)17-21-42(8)37(41)24-35(49-28(2)47)38-31(16-20-43(38,42)9)39(3,4)18-12-22-44-33(34(48)26-46)23-29-25-45-32-14-11-10-13-30(29)32/h10-11,13-14,27,29,31,33,35-38,44-46H,12,15-26H2,1-9H3/t27-,29?,31?,33-,35?,36?,37?,38-,41-,42+,43+/m0/s1. The minimum atomic E-state index is -0.430. The number of para-hydroxylation sites is 1. The van der Waals surface area contributed by atoms with Gasteiger partial charge < -0.3 is 20.5 Å². The predicted molar refractivity (Wildman–Crippen MR) is 198 cm³/mol. The molecule has 274 valence electrons. The molecule has 5 unspecified atom stereocenters. The van der Waals surface area contributed by atoms with Crippen LogP contribution in [0.1, 0.15) is 138 Å². The third kappa shape index (κ3) is 6.11. The lowest BCUT2D eigenvalue weighted by molar-refractivity contribution is -0.242. The number of ketones is 1. The molecule has 1 aromatic rings. The van der Waals surface area contributed by atoms with E-state index in [-0.39, 0.29) is 51.5 Å². The molecule has 6 heteroatoms. The first-order valence-electron chi connectivity index (χ1n) is 19.9. The lowest BCUT2D eigenvalue weighted by atomic mass is 9.34. The number of hydrogen-bond acceptors (Lipinski definition) is 6. The van der Waals surface area contributed by atoms with Gasteiger partial charge in [-0.05, 0) is 133 Å². The summed E-state index contributed by atoms with van der Waals surface area (Å²) in [6.07, 6.45) is 11.3. The Morgan fingerprint density at radius 1 is 1.02 bits per heavy atom. The van der Waals surface area contributed by atoms with Gasteiger partial charge in [0.1, 0.15) is 12.7 Å². The molecular formula is C43H68N2O4. The number of Topliss-reactive ketones (excluding diaryl/α,β-unsaturated/α-hetero) is 1. The van der Waals surface area contributed by atoms with Crippen molar-refractivity contribution in [2.75, 3.05) is 25.0 Å². The Balaban J connectivity index is 1.17. The van der Waals surface area contributed by atoms with E-state index in [9.17, 15) is 14.7 Å². The van der Waals surface area contributed by atoms with Crippen LogP contribution in [0, 0.1) is 56.7 Å². The van der Waals surface area contributed by atoms with Crippen molar-refractivity contribution < 1.29 is 19.4 Å². The van der Waals surface area contributed by atoms with Crippen molar-refractivity contribution in [3.8, 4) is 0 Å². The number of nitrogens with one attached hydrogen (secondary N) is 2. The largest absolute Gasteiger partial charge is 0.462 e. The number of ether oxygens (including phenoxy) is 1. The maximum Gasteiger partial charge on any atom is 0.302 e. The Kier molecular flexibility index (Phi) is 9.96. The van der Waals surface area contributed by atoms with Crippen LogP contribution in [-0.2, 0) is 14.3 Å². The lowest BCUT2D eigenvalue weighted by Gasteiger charge is -2.71. The topological polar surface area (TPSA) is 87.7 Å². The van der Waals surface area contributed by atoms with Crippen LogP contribution in [0.4, 0.5) is 5.69 Å². The molecule has 4 fully saturated rings. The average molecular weight is 677 g/mol. The zero-order valence-electron chi connectivity index (χ0n) is 32.3. The van der Waals surface area contributed by atoms with Crippen molar-refractivity contribution in [1.82, 2.24) is 5.32 Å². The molecule has 0 bridgehead atoms. The van der Waals surface area contributed by atoms with E-state index < -0.39 is 6.61 Å². The maximum atomic E-state index is 12.9. The molecule has 0 aromatic heterocycles. The van der Waals surface area contributed by atoms with Gasteiger partial charge in [0.2, 0.25) is 0 Å². The molecule has 0 radical (unpaired) electrons. The molecule has 0 spiro atoms. The Hall–Kier alpha value is -1.92. The Morgan fingerprint density at radius 3 is 2.45 bits per heavy atom. The molecule has 1 heterocycles. The molecule has 49 heavy (non-hydrogen) atoms. The number of rotatable bonds is 11. The Morgan fingerprint density at radius 2 is 1.73 bits per heavy atom. The van der Waals surface area contributed by atoms with Crippen LogP contribution in [0.25, 0.3) is 0 Å². The monoisotopic (exact) mass is 677 g/mol. The first-order valence-corrected chi connectivity index (χ1v) is 19.9. The average Bonchev–Trinajstić information content (AvgIpc) is 3.63. The molecule has 6 rings (SSSR count). The van der Waals surface area contributed by atoms with Gasteiger partial charge >= 0.3 is 5.97 Å². The van der Waals surface area contributed by atoms with Gasteiger partial charge in [-0.1, -0.05) is 73.6 Å². The highest BCUT2D eigenvalue weighted by Gasteiger charge is 2.71. The quantitative estimate of drug-likeness (QED) is 0.161. The van der Waals surface area contributed by atoms with Crippen molar-refractivity contribution in [2.45, 2.75) is 145 Å². The smallest absolute Gasteiger partial charge is 0.302 e. The van der Waals surface area contributed by atoms with Gasteiger partial charge in [0.25, 0.3) is 0 Å². The predicted octanol–water partition coefficient (Wildman–Crippen LogP) is 8.77. The maximum absolute atomic E-state index is 12.9. The minimum Gasteiger partial charge on any atom is -0.462 e. The van der Waals surface area contributed by atoms with Crippen molar-refractivity contribution in [3.05, 3.63) is 29.8 Å². The minimum absolute atomic E-state index is 0.0297. The van der Waals surface area contributed by atoms with Gasteiger partial charge in [-0.2, -0.15) is 0 Å². The zero-order chi connectivity index (χ0) is 35.6. The number of anilines is 1. The van der Waals surface area contributed by atoms with E-state index in [0.29, 0.717) is 35.5 Å². The van der Waals surface area contributed by atoms with E-state index in [1.54, 1.807) is 6.92 Å². The zero-order valence-corrected chi connectivity index (χ0v) is 32.3. The van der Waals surface area contributed by atoms with E-state index in [0.717, 1.165) is 44.0 Å². The molecule has 5 aliphatic rings. The summed E-state index contributed by atoms with van der Waals surface area (Å²) in [5.41, 5.74) is 3.45. The Labute approximate surface area is 297 Å². The van der Waals surface area contributed by atoms with Gasteiger partial charge in [0, 0.05) is 31.0 Å². The fraction of sp³-hybridized carbons (Fsp3) is 0.814. The summed E-state index contributed by atoms with van der Waals surface area (Å²) in [6, 6.07) is 8.00. The third-order valence-corrected chi connectivity index (χ3v) is 16.6. The van der Waals surface area contributed by atoms with Crippen LogP contribution < -0.4 is 10.6 Å². The van der Waals surface area contributed by atoms with Crippen LogP contribution in [-0.4, -0.2) is 48.7 Å². The van der Waals surface area contributed by atoms with E-state index in [1.807, 2.05) is 6.07 Å². The van der Waals surface area contributed by atoms with Crippen molar-refractivity contribution in [3.63, 3.8) is 0 Å². The highest BCUT2D eigenvalue weighted by atomic mass is 16.5. The number of esters is 1.